The largest absolute Gasteiger partial charge is 0.332 e. The predicted octanol–water partition coefficient (Wildman–Crippen LogP) is 2.98. The van der Waals surface area contributed by atoms with E-state index in [1.54, 1.807) is 6.07 Å². The van der Waals surface area contributed by atoms with Gasteiger partial charge in [-0.2, -0.15) is 0 Å². The summed E-state index contributed by atoms with van der Waals surface area (Å²) in [6.45, 7) is 8.85. The fraction of sp³-hybridized carbons (Fsp3) is 0.650. The predicted molar refractivity (Wildman–Crippen MR) is 99.9 cm³/mol. The van der Waals surface area contributed by atoms with E-state index in [0.717, 1.165) is 25.1 Å². The van der Waals surface area contributed by atoms with Gasteiger partial charge in [-0.25, -0.2) is 4.39 Å². The van der Waals surface area contributed by atoms with Crippen molar-refractivity contribution < 1.29 is 9.18 Å². The van der Waals surface area contributed by atoms with Gasteiger partial charge in [-0.05, 0) is 71.9 Å². The molecule has 0 radical (unpaired) electrons. The van der Waals surface area contributed by atoms with Gasteiger partial charge in [0.1, 0.15) is 5.82 Å². The lowest BCUT2D eigenvalue weighted by atomic mass is 10.0. The smallest absolute Gasteiger partial charge is 0.237 e. The van der Waals surface area contributed by atoms with E-state index in [-0.39, 0.29) is 17.3 Å². The van der Waals surface area contributed by atoms with Gasteiger partial charge in [0.15, 0.2) is 0 Å². The van der Waals surface area contributed by atoms with Crippen LogP contribution in [0.2, 0.25) is 0 Å². The van der Waals surface area contributed by atoms with Crippen LogP contribution in [-0.4, -0.2) is 65.9 Å². The Bertz CT molecular complexity index is 583. The third-order valence-corrected chi connectivity index (χ3v) is 4.91. The number of amides is 1. The second-order valence-electron chi connectivity index (χ2n) is 8.28. The Morgan fingerprint density at radius 1 is 1.32 bits per heavy atom. The second kappa shape index (κ2) is 8.28. The molecule has 1 unspecified atom stereocenters. The van der Waals surface area contributed by atoms with Crippen LogP contribution >= 0.6 is 0 Å². The van der Waals surface area contributed by atoms with Crippen molar-refractivity contribution in [2.75, 3.05) is 33.7 Å². The summed E-state index contributed by atoms with van der Waals surface area (Å²) >= 11 is 0. The van der Waals surface area contributed by atoms with E-state index in [9.17, 15) is 9.18 Å². The average molecular weight is 349 g/mol. The highest BCUT2D eigenvalue weighted by Gasteiger charge is 2.29. The summed E-state index contributed by atoms with van der Waals surface area (Å²) in [6.07, 6.45) is 2.31. The van der Waals surface area contributed by atoms with E-state index >= 15 is 0 Å². The molecule has 5 heteroatoms. The molecule has 1 amide bonds. The van der Waals surface area contributed by atoms with Crippen molar-refractivity contribution >= 4 is 5.91 Å². The monoisotopic (exact) mass is 349 g/mol. The molecule has 2 rings (SSSR count). The molecule has 1 aromatic carbocycles. The van der Waals surface area contributed by atoms with E-state index in [4.69, 9.17) is 0 Å². The van der Waals surface area contributed by atoms with Gasteiger partial charge in [0.2, 0.25) is 5.91 Å². The summed E-state index contributed by atoms with van der Waals surface area (Å²) < 4.78 is 13.5. The van der Waals surface area contributed by atoms with Crippen LogP contribution in [0.4, 0.5) is 4.39 Å². The Morgan fingerprint density at radius 3 is 2.64 bits per heavy atom. The van der Waals surface area contributed by atoms with Crippen molar-refractivity contribution in [2.45, 2.75) is 51.7 Å². The topological polar surface area (TPSA) is 26.8 Å². The van der Waals surface area contributed by atoms with Crippen LogP contribution in [0.3, 0.4) is 0 Å². The summed E-state index contributed by atoms with van der Waals surface area (Å²) in [6, 6.07) is 7.02. The lowest BCUT2D eigenvalue weighted by Gasteiger charge is -2.40. The van der Waals surface area contributed by atoms with E-state index in [2.05, 4.69) is 23.9 Å². The van der Waals surface area contributed by atoms with Gasteiger partial charge in [0, 0.05) is 24.7 Å². The van der Waals surface area contributed by atoms with Crippen molar-refractivity contribution in [3.8, 4) is 0 Å². The second-order valence-corrected chi connectivity index (χ2v) is 8.28. The molecular weight excluding hydrogens is 317 g/mol. The van der Waals surface area contributed by atoms with Crippen molar-refractivity contribution in [1.29, 1.82) is 0 Å². The number of benzene rings is 1. The first-order valence-electron chi connectivity index (χ1n) is 9.10. The van der Waals surface area contributed by atoms with E-state index < -0.39 is 0 Å². The van der Waals surface area contributed by atoms with Crippen molar-refractivity contribution in [2.24, 2.45) is 0 Å². The zero-order valence-corrected chi connectivity index (χ0v) is 16.3. The maximum atomic E-state index is 13.5. The van der Waals surface area contributed by atoms with Gasteiger partial charge in [-0.15, -0.1) is 0 Å². The Balaban J connectivity index is 2.06. The normalized spacial score (nSPS) is 19.2. The van der Waals surface area contributed by atoms with E-state index in [1.165, 1.54) is 18.6 Å². The van der Waals surface area contributed by atoms with Gasteiger partial charge in [-0.3, -0.25) is 9.69 Å². The fourth-order valence-corrected chi connectivity index (χ4v) is 3.39. The van der Waals surface area contributed by atoms with Crippen LogP contribution in [-0.2, 0) is 11.3 Å². The quantitative estimate of drug-likeness (QED) is 0.818. The van der Waals surface area contributed by atoms with Crippen LogP contribution in [0, 0.1) is 5.82 Å². The molecule has 1 aromatic rings. The number of hydrogen-bond acceptors (Lipinski definition) is 3. The molecular formula is C20H32FN3O. The first-order chi connectivity index (χ1) is 11.7. The molecule has 4 nitrogen and oxygen atoms in total. The van der Waals surface area contributed by atoms with Gasteiger partial charge < -0.3 is 9.80 Å². The van der Waals surface area contributed by atoms with Gasteiger partial charge in [-0.1, -0.05) is 12.1 Å². The van der Waals surface area contributed by atoms with Gasteiger partial charge in [0.25, 0.3) is 0 Å². The Morgan fingerprint density at radius 2 is 2.04 bits per heavy atom. The molecule has 1 saturated heterocycles. The maximum Gasteiger partial charge on any atom is 0.237 e. The van der Waals surface area contributed by atoms with Crippen molar-refractivity contribution in [3.05, 3.63) is 35.6 Å². The van der Waals surface area contributed by atoms with Gasteiger partial charge >= 0.3 is 0 Å². The average Bonchev–Trinajstić information content (AvgIpc) is 2.51. The van der Waals surface area contributed by atoms with Crippen LogP contribution in [0.25, 0.3) is 0 Å². The zero-order valence-electron chi connectivity index (χ0n) is 16.3. The van der Waals surface area contributed by atoms with Crippen LogP contribution in [0.1, 0.15) is 39.2 Å². The van der Waals surface area contributed by atoms with Crippen LogP contribution in [0.15, 0.2) is 24.3 Å². The minimum Gasteiger partial charge on any atom is -0.332 e. The molecule has 0 bridgehead atoms. The molecule has 0 saturated carbocycles. The minimum absolute atomic E-state index is 0.108. The summed E-state index contributed by atoms with van der Waals surface area (Å²) in [5, 5.41) is 0. The first kappa shape index (κ1) is 19.9. The Hall–Kier alpha value is -1.46. The van der Waals surface area contributed by atoms with Gasteiger partial charge in [0.05, 0.1) is 6.54 Å². The molecule has 0 spiro atoms. The number of likely N-dealkylation sites (N-methyl/N-ethyl adjacent to an activating group) is 1. The highest BCUT2D eigenvalue weighted by atomic mass is 19.1. The third-order valence-electron chi connectivity index (χ3n) is 4.91. The minimum atomic E-state index is -0.305. The number of carbonyl (C=O) groups excluding carboxylic acids is 1. The SMILES string of the molecule is CN(C)C1CCCN(CC(=O)N(Cc2cccc(F)c2)C(C)(C)C)C1. The lowest BCUT2D eigenvalue weighted by molar-refractivity contribution is -0.138. The van der Waals surface area contributed by atoms with Crippen LogP contribution in [0.5, 0.6) is 0 Å². The fourth-order valence-electron chi connectivity index (χ4n) is 3.39. The number of nitrogens with zero attached hydrogens (tertiary/aromatic N) is 3. The molecule has 1 heterocycles. The molecule has 25 heavy (non-hydrogen) atoms. The number of hydrogen-bond donors (Lipinski definition) is 0. The molecule has 1 aliphatic rings. The summed E-state index contributed by atoms with van der Waals surface area (Å²) in [5.74, 6) is -0.153. The summed E-state index contributed by atoms with van der Waals surface area (Å²) in [7, 11) is 4.20. The lowest BCUT2D eigenvalue weighted by Crippen LogP contribution is -2.52. The van der Waals surface area contributed by atoms with E-state index in [0.29, 0.717) is 19.1 Å². The number of rotatable bonds is 5. The standard InChI is InChI=1S/C20H32FN3O/c1-20(2,3)24(13-16-8-6-9-17(21)12-16)19(25)15-23-11-7-10-18(14-23)22(4)5/h6,8-9,12,18H,7,10-11,13-15H2,1-5H3. The van der Waals surface area contributed by atoms with Crippen molar-refractivity contribution in [3.63, 3.8) is 0 Å². The molecule has 0 aliphatic carbocycles. The third kappa shape index (κ3) is 5.79. The van der Waals surface area contributed by atoms with Crippen LogP contribution < -0.4 is 0 Å². The molecule has 1 fully saturated rings. The summed E-state index contributed by atoms with van der Waals surface area (Å²) in [4.78, 5) is 19.4. The first-order valence-corrected chi connectivity index (χ1v) is 9.10. The maximum absolute atomic E-state index is 13.5. The molecule has 140 valence electrons. The number of likely N-dealkylation sites (tertiary alicyclic amines) is 1. The Labute approximate surface area is 151 Å². The molecule has 1 atom stereocenters. The number of piperidine rings is 1. The molecule has 0 aromatic heterocycles. The number of halogens is 1. The number of carbonyl (C=O) groups is 1. The van der Waals surface area contributed by atoms with E-state index in [1.807, 2.05) is 31.7 Å². The molecule has 1 aliphatic heterocycles. The zero-order chi connectivity index (χ0) is 18.6. The highest BCUT2D eigenvalue weighted by molar-refractivity contribution is 5.79. The summed E-state index contributed by atoms with van der Waals surface area (Å²) in [5.41, 5.74) is 0.522. The molecule has 0 N–H and O–H groups in total. The Kier molecular flexibility index (Phi) is 6.58. The van der Waals surface area contributed by atoms with Crippen molar-refractivity contribution in [1.82, 2.24) is 14.7 Å². The highest BCUT2D eigenvalue weighted by Crippen LogP contribution is 2.20.